The molecule has 0 spiro atoms. The van der Waals surface area contributed by atoms with Crippen molar-refractivity contribution in [2.24, 2.45) is 0 Å². The summed E-state index contributed by atoms with van der Waals surface area (Å²) in [4.78, 5) is 0. The van der Waals surface area contributed by atoms with Gasteiger partial charge in [0, 0.05) is 14.6 Å². The number of hydrogen-bond acceptors (Lipinski definition) is 1. The topological polar surface area (TPSA) is 12.0 Å². The zero-order chi connectivity index (χ0) is 15.2. The zero-order valence-corrected chi connectivity index (χ0v) is 14.8. The Kier molecular flexibility index (Phi) is 6.45. The number of rotatable bonds is 6. The molecule has 0 aliphatic rings. The van der Waals surface area contributed by atoms with Gasteiger partial charge in [0.05, 0.1) is 0 Å². The third-order valence-corrected chi connectivity index (χ3v) is 4.52. The molecule has 0 aromatic heterocycles. The van der Waals surface area contributed by atoms with E-state index in [1.54, 1.807) is 6.07 Å². The lowest BCUT2D eigenvalue weighted by Crippen LogP contribution is -2.25. The van der Waals surface area contributed by atoms with Crippen LogP contribution in [0, 0.1) is 9.39 Å². The summed E-state index contributed by atoms with van der Waals surface area (Å²) in [7, 11) is 0. The van der Waals surface area contributed by atoms with Crippen molar-refractivity contribution in [1.82, 2.24) is 5.32 Å². The molecular weight excluding hydrogens is 400 g/mol. The van der Waals surface area contributed by atoms with E-state index in [0.29, 0.717) is 0 Å². The summed E-state index contributed by atoms with van der Waals surface area (Å²) in [5.74, 6) is -0.191. The third kappa shape index (κ3) is 4.94. The van der Waals surface area contributed by atoms with Crippen molar-refractivity contribution in [3.8, 4) is 0 Å². The van der Waals surface area contributed by atoms with Gasteiger partial charge < -0.3 is 5.32 Å². The fourth-order valence-corrected chi connectivity index (χ4v) is 3.23. The van der Waals surface area contributed by atoms with Crippen LogP contribution in [0.2, 0.25) is 5.02 Å². The molecule has 1 unspecified atom stereocenters. The molecule has 0 fully saturated rings. The molecule has 1 N–H and O–H groups in total. The Morgan fingerprint density at radius 3 is 2.52 bits per heavy atom. The van der Waals surface area contributed by atoms with Crippen LogP contribution < -0.4 is 5.32 Å². The number of hydrogen-bond donors (Lipinski definition) is 1. The minimum atomic E-state index is -0.191. The largest absolute Gasteiger partial charge is 0.310 e. The molecule has 4 heteroatoms. The van der Waals surface area contributed by atoms with Gasteiger partial charge in [0.25, 0.3) is 0 Å². The summed E-state index contributed by atoms with van der Waals surface area (Å²) in [6.45, 7) is 3.08. The Bertz CT molecular complexity index is 586. The molecule has 1 nitrogen and oxygen atoms in total. The Hall–Kier alpha value is -0.650. The van der Waals surface area contributed by atoms with E-state index in [1.807, 2.05) is 30.3 Å². The molecule has 0 amide bonds. The van der Waals surface area contributed by atoms with Crippen molar-refractivity contribution in [3.63, 3.8) is 0 Å². The SMILES string of the molecule is CCCNC(Cc1ccc(Cl)cc1)c1ccc(F)cc1I. The highest BCUT2D eigenvalue weighted by Crippen LogP contribution is 2.25. The average Bonchev–Trinajstić information content (AvgIpc) is 2.46. The van der Waals surface area contributed by atoms with Gasteiger partial charge in [-0.25, -0.2) is 4.39 Å². The molecule has 112 valence electrons. The van der Waals surface area contributed by atoms with Crippen molar-refractivity contribution < 1.29 is 4.39 Å². The van der Waals surface area contributed by atoms with E-state index in [-0.39, 0.29) is 11.9 Å². The van der Waals surface area contributed by atoms with Gasteiger partial charge in [0.1, 0.15) is 5.82 Å². The van der Waals surface area contributed by atoms with Crippen LogP contribution in [-0.2, 0) is 6.42 Å². The van der Waals surface area contributed by atoms with E-state index >= 15 is 0 Å². The van der Waals surface area contributed by atoms with E-state index in [2.05, 4.69) is 34.8 Å². The van der Waals surface area contributed by atoms with Crippen LogP contribution in [0.4, 0.5) is 4.39 Å². The summed E-state index contributed by atoms with van der Waals surface area (Å²) in [6.07, 6.45) is 1.92. The highest BCUT2D eigenvalue weighted by atomic mass is 127. The number of benzene rings is 2. The van der Waals surface area contributed by atoms with Gasteiger partial charge in [0.2, 0.25) is 0 Å². The van der Waals surface area contributed by atoms with Crippen molar-refractivity contribution in [1.29, 1.82) is 0 Å². The molecule has 0 bridgehead atoms. The fraction of sp³-hybridized carbons (Fsp3) is 0.294. The number of nitrogens with one attached hydrogen (secondary N) is 1. The normalized spacial score (nSPS) is 12.4. The summed E-state index contributed by atoms with van der Waals surface area (Å²) >= 11 is 8.13. The summed E-state index contributed by atoms with van der Waals surface area (Å²) in [5.41, 5.74) is 2.36. The lowest BCUT2D eigenvalue weighted by Gasteiger charge is -2.20. The molecule has 0 heterocycles. The maximum absolute atomic E-state index is 13.3. The molecule has 0 saturated carbocycles. The summed E-state index contributed by atoms with van der Waals surface area (Å²) in [5, 5.41) is 4.29. The Morgan fingerprint density at radius 1 is 1.19 bits per heavy atom. The summed E-state index contributed by atoms with van der Waals surface area (Å²) < 4.78 is 14.2. The van der Waals surface area contributed by atoms with E-state index < -0.39 is 0 Å². The first-order chi connectivity index (χ1) is 10.1. The van der Waals surface area contributed by atoms with Crippen LogP contribution in [-0.4, -0.2) is 6.54 Å². The van der Waals surface area contributed by atoms with E-state index in [1.165, 1.54) is 11.6 Å². The molecule has 21 heavy (non-hydrogen) atoms. The van der Waals surface area contributed by atoms with E-state index in [4.69, 9.17) is 11.6 Å². The van der Waals surface area contributed by atoms with Gasteiger partial charge in [0.15, 0.2) is 0 Å². The van der Waals surface area contributed by atoms with Gasteiger partial charge in [-0.2, -0.15) is 0 Å². The van der Waals surface area contributed by atoms with E-state index in [9.17, 15) is 4.39 Å². The highest BCUT2D eigenvalue weighted by molar-refractivity contribution is 14.1. The first-order valence-electron chi connectivity index (χ1n) is 7.03. The third-order valence-electron chi connectivity index (χ3n) is 3.33. The Labute approximate surface area is 144 Å². The Balaban J connectivity index is 2.22. The monoisotopic (exact) mass is 417 g/mol. The lowest BCUT2D eigenvalue weighted by molar-refractivity contribution is 0.525. The van der Waals surface area contributed by atoms with Crippen molar-refractivity contribution >= 4 is 34.2 Å². The predicted molar refractivity (Wildman–Crippen MR) is 95.3 cm³/mol. The van der Waals surface area contributed by atoms with Gasteiger partial charge in [-0.15, -0.1) is 0 Å². The smallest absolute Gasteiger partial charge is 0.124 e. The molecule has 2 aromatic carbocycles. The van der Waals surface area contributed by atoms with Crippen molar-refractivity contribution in [2.75, 3.05) is 6.54 Å². The molecule has 0 saturated heterocycles. The average molecular weight is 418 g/mol. The molecule has 0 aliphatic heterocycles. The first-order valence-corrected chi connectivity index (χ1v) is 8.48. The fourth-order valence-electron chi connectivity index (χ4n) is 2.25. The van der Waals surface area contributed by atoms with Crippen LogP contribution in [0.1, 0.15) is 30.5 Å². The molecule has 2 rings (SSSR count). The lowest BCUT2D eigenvalue weighted by atomic mass is 9.98. The van der Waals surface area contributed by atoms with Crippen LogP contribution >= 0.6 is 34.2 Å². The van der Waals surface area contributed by atoms with Gasteiger partial charge in [-0.3, -0.25) is 0 Å². The first kappa shape index (κ1) is 16.7. The van der Waals surface area contributed by atoms with Gasteiger partial charge >= 0.3 is 0 Å². The van der Waals surface area contributed by atoms with Gasteiger partial charge in [-0.05, 0) is 77.4 Å². The second-order valence-corrected chi connectivity index (χ2v) is 6.60. The number of halogens is 3. The van der Waals surface area contributed by atoms with Crippen LogP contribution in [0.3, 0.4) is 0 Å². The van der Waals surface area contributed by atoms with Crippen molar-refractivity contribution in [3.05, 3.63) is 68.0 Å². The molecule has 0 aliphatic carbocycles. The molecule has 1 atom stereocenters. The van der Waals surface area contributed by atoms with Crippen LogP contribution in [0.15, 0.2) is 42.5 Å². The summed E-state index contributed by atoms with van der Waals surface area (Å²) in [6, 6.07) is 13.1. The minimum absolute atomic E-state index is 0.179. The maximum atomic E-state index is 13.3. The van der Waals surface area contributed by atoms with Crippen LogP contribution in [0.25, 0.3) is 0 Å². The zero-order valence-electron chi connectivity index (χ0n) is 11.9. The Morgan fingerprint density at radius 2 is 1.90 bits per heavy atom. The van der Waals surface area contributed by atoms with Gasteiger partial charge in [-0.1, -0.05) is 36.7 Å². The molecule has 2 aromatic rings. The molecule has 0 radical (unpaired) electrons. The molecular formula is C17H18ClFIN. The quantitative estimate of drug-likeness (QED) is 0.623. The maximum Gasteiger partial charge on any atom is 0.124 e. The minimum Gasteiger partial charge on any atom is -0.310 e. The highest BCUT2D eigenvalue weighted by Gasteiger charge is 2.15. The van der Waals surface area contributed by atoms with Crippen LogP contribution in [0.5, 0.6) is 0 Å². The van der Waals surface area contributed by atoms with E-state index in [0.717, 1.165) is 33.5 Å². The second kappa shape index (κ2) is 8.11. The second-order valence-electron chi connectivity index (χ2n) is 5.00. The predicted octanol–water partition coefficient (Wildman–Crippen LogP) is 5.37. The van der Waals surface area contributed by atoms with Crippen molar-refractivity contribution in [2.45, 2.75) is 25.8 Å². The standard InChI is InChI=1S/C17H18ClFIN/c1-2-9-21-17(10-12-3-5-13(18)6-4-12)15-8-7-14(19)11-16(15)20/h3-8,11,17,21H,2,9-10H2,1H3.